The minimum atomic E-state index is -0.273. The first-order valence-electron chi connectivity index (χ1n) is 21.1. The summed E-state index contributed by atoms with van der Waals surface area (Å²) in [4.78, 5) is 10.7. The third-order valence-electron chi connectivity index (χ3n) is 13.0. The number of rotatable bonds is 5. The largest absolute Gasteiger partial charge is 0.228 e. The third-order valence-corrected chi connectivity index (χ3v) is 13.0. The van der Waals surface area contributed by atoms with Crippen LogP contribution in [0.5, 0.6) is 0 Å². The highest BCUT2D eigenvalue weighted by Gasteiger charge is 2.40. The lowest BCUT2D eigenvalue weighted by Crippen LogP contribution is -2.17. The molecule has 0 amide bonds. The van der Waals surface area contributed by atoms with E-state index >= 15 is 0 Å². The second kappa shape index (κ2) is 13.7. The van der Waals surface area contributed by atoms with E-state index in [0.717, 1.165) is 39.5 Å². The molecule has 12 rings (SSSR count). The molecule has 1 aliphatic rings. The molecule has 0 unspecified atom stereocenters. The SMILES string of the molecule is CC1(C)c2ccccc2-c2nc(-c3ccccc3)nc(-c3cccc(-c4ccc5c(-c6ccc7ccccc7c6)c6ccccc6c(-c6ccc7ccccc7c6)c5c4)c3)c21. The smallest absolute Gasteiger partial charge is 0.160 e. The van der Waals surface area contributed by atoms with Gasteiger partial charge < -0.3 is 0 Å². The van der Waals surface area contributed by atoms with Crippen LogP contribution < -0.4 is 0 Å². The Bertz CT molecular complexity index is 3560. The summed E-state index contributed by atoms with van der Waals surface area (Å²) in [6.45, 7) is 4.62. The summed E-state index contributed by atoms with van der Waals surface area (Å²) in [6, 6.07) is 75.2. The van der Waals surface area contributed by atoms with Gasteiger partial charge >= 0.3 is 0 Å². The van der Waals surface area contributed by atoms with E-state index in [1.807, 2.05) is 6.07 Å². The maximum atomic E-state index is 5.42. The quantitative estimate of drug-likeness (QED) is 0.163. The Balaban J connectivity index is 1.10. The zero-order valence-corrected chi connectivity index (χ0v) is 34.0. The van der Waals surface area contributed by atoms with Gasteiger partial charge in [0.05, 0.1) is 11.4 Å². The molecule has 0 fully saturated rings. The van der Waals surface area contributed by atoms with Crippen LogP contribution in [0.3, 0.4) is 0 Å². The van der Waals surface area contributed by atoms with Crippen LogP contribution in [0.2, 0.25) is 0 Å². The van der Waals surface area contributed by atoms with Crippen LogP contribution in [-0.2, 0) is 5.41 Å². The second-order valence-corrected chi connectivity index (χ2v) is 16.9. The van der Waals surface area contributed by atoms with Crippen LogP contribution in [0.1, 0.15) is 25.0 Å². The van der Waals surface area contributed by atoms with Crippen molar-refractivity contribution >= 4 is 43.1 Å². The molecule has 0 saturated heterocycles. The van der Waals surface area contributed by atoms with Crippen molar-refractivity contribution in [3.63, 3.8) is 0 Å². The Morgan fingerprint density at radius 3 is 1.54 bits per heavy atom. The fourth-order valence-electron chi connectivity index (χ4n) is 10.1. The summed E-state index contributed by atoms with van der Waals surface area (Å²) in [5, 5.41) is 9.91. The summed E-state index contributed by atoms with van der Waals surface area (Å²) < 4.78 is 0. The molecule has 1 heterocycles. The molecule has 286 valence electrons. The Hall–Kier alpha value is -7.68. The average molecular weight is 777 g/mol. The van der Waals surface area contributed by atoms with Crippen molar-refractivity contribution < 1.29 is 0 Å². The lowest BCUT2D eigenvalue weighted by molar-refractivity contribution is 0.658. The summed E-state index contributed by atoms with van der Waals surface area (Å²) >= 11 is 0. The number of hydrogen-bond donors (Lipinski definition) is 0. The topological polar surface area (TPSA) is 25.8 Å². The van der Waals surface area contributed by atoms with Gasteiger partial charge in [0.15, 0.2) is 5.82 Å². The molecule has 0 atom stereocenters. The van der Waals surface area contributed by atoms with Gasteiger partial charge in [-0.25, -0.2) is 9.97 Å². The summed E-state index contributed by atoms with van der Waals surface area (Å²) in [6.07, 6.45) is 0. The van der Waals surface area contributed by atoms with Gasteiger partial charge in [0.25, 0.3) is 0 Å². The lowest BCUT2D eigenvalue weighted by atomic mass is 9.80. The zero-order valence-electron chi connectivity index (χ0n) is 34.0. The van der Waals surface area contributed by atoms with Crippen LogP contribution >= 0.6 is 0 Å². The predicted octanol–water partition coefficient (Wildman–Crippen LogP) is 15.7. The highest BCUT2D eigenvalue weighted by Crippen LogP contribution is 2.52. The first-order chi connectivity index (χ1) is 30.0. The van der Waals surface area contributed by atoms with E-state index in [1.54, 1.807) is 0 Å². The second-order valence-electron chi connectivity index (χ2n) is 16.9. The minimum Gasteiger partial charge on any atom is -0.228 e. The van der Waals surface area contributed by atoms with E-state index < -0.39 is 0 Å². The predicted molar refractivity (Wildman–Crippen MR) is 257 cm³/mol. The van der Waals surface area contributed by atoms with E-state index in [1.165, 1.54) is 82.0 Å². The Kier molecular flexibility index (Phi) is 7.92. The van der Waals surface area contributed by atoms with Gasteiger partial charge in [-0.1, -0.05) is 196 Å². The molecule has 1 aromatic heterocycles. The summed E-state index contributed by atoms with van der Waals surface area (Å²) in [7, 11) is 0. The molecule has 2 heteroatoms. The van der Waals surface area contributed by atoms with Crippen molar-refractivity contribution in [2.75, 3.05) is 0 Å². The number of hydrogen-bond acceptors (Lipinski definition) is 2. The third kappa shape index (κ3) is 5.64. The maximum absolute atomic E-state index is 5.42. The standard InChI is InChI=1S/C59H40N2/c1-59(2)52-26-13-12-25-50(52)57-55(59)56(60-58(61-57)39-17-4-3-5-18-39)46-22-14-21-42(35-46)43-31-32-49-51(36-43)54(45-30-28-38-16-7-9-20-41(38)34-45)48-24-11-10-23-47(48)53(49)44-29-27-37-15-6-8-19-40(37)33-44/h3-36H,1-2H3. The van der Waals surface area contributed by atoms with Crippen molar-refractivity contribution in [1.82, 2.24) is 9.97 Å². The first-order valence-corrected chi connectivity index (χ1v) is 21.1. The van der Waals surface area contributed by atoms with E-state index in [0.29, 0.717) is 0 Å². The van der Waals surface area contributed by atoms with E-state index in [2.05, 4.69) is 214 Å². The molecule has 10 aromatic carbocycles. The van der Waals surface area contributed by atoms with Crippen molar-refractivity contribution in [2.24, 2.45) is 0 Å². The molecule has 11 aromatic rings. The Labute approximate surface area is 355 Å². The summed E-state index contributed by atoms with van der Waals surface area (Å²) in [5.41, 5.74) is 14.7. The van der Waals surface area contributed by atoms with Crippen molar-refractivity contribution in [3.05, 3.63) is 217 Å². The number of nitrogens with zero attached hydrogens (tertiary/aromatic N) is 2. The van der Waals surface area contributed by atoms with Gasteiger partial charge in [0.1, 0.15) is 0 Å². The molecule has 0 bridgehead atoms. The van der Waals surface area contributed by atoms with E-state index in [9.17, 15) is 0 Å². The maximum Gasteiger partial charge on any atom is 0.160 e. The number of aromatic nitrogens is 2. The number of fused-ring (bicyclic) bond motifs is 7. The fraction of sp³-hybridized carbons (Fsp3) is 0.0508. The monoisotopic (exact) mass is 776 g/mol. The molecular weight excluding hydrogens is 737 g/mol. The average Bonchev–Trinajstić information content (AvgIpc) is 3.55. The molecule has 0 N–H and O–H groups in total. The van der Waals surface area contributed by atoms with Crippen LogP contribution in [-0.4, -0.2) is 9.97 Å². The fourth-order valence-corrected chi connectivity index (χ4v) is 10.1. The van der Waals surface area contributed by atoms with Gasteiger partial charge in [-0.2, -0.15) is 0 Å². The summed E-state index contributed by atoms with van der Waals surface area (Å²) in [5.74, 6) is 0.742. The van der Waals surface area contributed by atoms with Crippen molar-refractivity contribution in [3.8, 4) is 67.3 Å². The van der Waals surface area contributed by atoms with Crippen molar-refractivity contribution in [2.45, 2.75) is 19.3 Å². The highest BCUT2D eigenvalue weighted by molar-refractivity contribution is 6.22. The van der Waals surface area contributed by atoms with E-state index in [4.69, 9.17) is 9.97 Å². The molecule has 1 aliphatic carbocycles. The molecule has 61 heavy (non-hydrogen) atoms. The first kappa shape index (κ1) is 35.3. The molecular formula is C59H40N2. The minimum absolute atomic E-state index is 0.273. The Morgan fingerprint density at radius 1 is 0.328 bits per heavy atom. The number of benzene rings is 10. The molecule has 2 nitrogen and oxygen atoms in total. The molecule has 0 radical (unpaired) electrons. The van der Waals surface area contributed by atoms with Crippen LogP contribution in [0.4, 0.5) is 0 Å². The van der Waals surface area contributed by atoms with Gasteiger partial charge in [0, 0.05) is 27.7 Å². The molecule has 0 spiro atoms. The Morgan fingerprint density at radius 2 is 0.836 bits per heavy atom. The van der Waals surface area contributed by atoms with Crippen LogP contribution in [0.25, 0.3) is 110 Å². The zero-order chi connectivity index (χ0) is 40.7. The molecule has 0 saturated carbocycles. The van der Waals surface area contributed by atoms with Crippen molar-refractivity contribution in [1.29, 1.82) is 0 Å². The van der Waals surface area contributed by atoms with Gasteiger partial charge in [0.2, 0.25) is 0 Å². The highest BCUT2D eigenvalue weighted by atomic mass is 14.9. The van der Waals surface area contributed by atoms with Gasteiger partial charge in [-0.05, 0) is 106 Å². The van der Waals surface area contributed by atoms with Gasteiger partial charge in [-0.3, -0.25) is 0 Å². The molecule has 0 aliphatic heterocycles. The normalized spacial score (nSPS) is 12.9. The van der Waals surface area contributed by atoms with Gasteiger partial charge in [-0.15, -0.1) is 0 Å². The van der Waals surface area contributed by atoms with Crippen LogP contribution in [0, 0.1) is 0 Å². The lowest BCUT2D eigenvalue weighted by Gasteiger charge is -2.24. The van der Waals surface area contributed by atoms with Crippen LogP contribution in [0.15, 0.2) is 206 Å². The van der Waals surface area contributed by atoms with E-state index in [-0.39, 0.29) is 5.41 Å².